The highest BCUT2D eigenvalue weighted by atomic mass is 16.7. The first-order valence-electron chi connectivity index (χ1n) is 10.6. The van der Waals surface area contributed by atoms with Crippen LogP contribution in [0.2, 0.25) is 0 Å². The van der Waals surface area contributed by atoms with Gasteiger partial charge in [0.1, 0.15) is 73.2 Å². The van der Waals surface area contributed by atoms with Crippen molar-refractivity contribution in [3.05, 3.63) is 0 Å². The molecule has 0 aromatic rings. The van der Waals surface area contributed by atoms with Gasteiger partial charge in [0.15, 0.2) is 18.9 Å². The summed E-state index contributed by atoms with van der Waals surface area (Å²) in [5.74, 6) is 0. The van der Waals surface area contributed by atoms with E-state index in [9.17, 15) is 56.2 Å². The highest BCUT2D eigenvalue weighted by Crippen LogP contribution is 2.29. The molecule has 3 aliphatic rings. The predicted octanol–water partition coefficient (Wildman–Crippen LogP) is -7.57. The first kappa shape index (κ1) is 27.9. The van der Waals surface area contributed by atoms with Crippen molar-refractivity contribution in [1.29, 1.82) is 0 Å². The highest BCUT2D eigenvalue weighted by Gasteiger charge is 2.51. The SMILES string of the molecule is OC[C@@H]1O[C@@H](OC[C@@H]2O[C@@H](O[C@@H]3[C@H](O)[C@H](O)O[C@@H](CO)[C@H]3O)[C@@H](O)[C@@H](O)[C@@H]2O)[C@@H](O)[C@@H](O)[C@@H]1O. The van der Waals surface area contributed by atoms with Crippen LogP contribution in [0.3, 0.4) is 0 Å². The summed E-state index contributed by atoms with van der Waals surface area (Å²) in [6.07, 6.45) is -25.0. The lowest BCUT2D eigenvalue weighted by atomic mass is 9.97. The first-order valence-corrected chi connectivity index (χ1v) is 10.6. The van der Waals surface area contributed by atoms with Crippen molar-refractivity contribution >= 4 is 0 Å². The Kier molecular flexibility index (Phi) is 9.54. The summed E-state index contributed by atoms with van der Waals surface area (Å²) in [6.45, 7) is -2.06. The molecule has 200 valence electrons. The second-order valence-corrected chi connectivity index (χ2v) is 8.37. The number of aliphatic hydroxyl groups excluding tert-OH is 11. The van der Waals surface area contributed by atoms with E-state index in [1.807, 2.05) is 0 Å². The molecule has 0 unspecified atom stereocenters. The van der Waals surface area contributed by atoms with E-state index in [-0.39, 0.29) is 0 Å². The number of aliphatic hydroxyl groups is 11. The molecule has 16 nitrogen and oxygen atoms in total. The van der Waals surface area contributed by atoms with Crippen molar-refractivity contribution in [2.75, 3.05) is 19.8 Å². The Hall–Kier alpha value is -0.640. The molecular weight excluding hydrogens is 472 g/mol. The van der Waals surface area contributed by atoms with E-state index in [1.54, 1.807) is 0 Å². The number of rotatable bonds is 7. The van der Waals surface area contributed by atoms with Crippen molar-refractivity contribution in [2.45, 2.75) is 92.1 Å². The second-order valence-electron chi connectivity index (χ2n) is 8.37. The zero-order chi connectivity index (χ0) is 25.3. The standard InChI is InChI=1S/C18H32O16/c19-1-4-7(21)10(24)12(26)17(32-4)30-3-6-8(22)11(25)13(27)18(33-6)34-15-9(23)5(2-20)31-16(29)14(15)28/h4-29H,1-3H2/t4-,5-,6-,7+,8+,9+,10-,11-,12-,13-,14-,15-,16+,17+,18-/m0/s1. The summed E-state index contributed by atoms with van der Waals surface area (Å²) in [6, 6.07) is 0. The van der Waals surface area contributed by atoms with E-state index in [1.165, 1.54) is 0 Å². The van der Waals surface area contributed by atoms with Crippen LogP contribution in [0.5, 0.6) is 0 Å². The maximum absolute atomic E-state index is 10.3. The van der Waals surface area contributed by atoms with Crippen LogP contribution in [0, 0.1) is 0 Å². The molecule has 16 heteroatoms. The maximum atomic E-state index is 10.3. The number of hydrogen-bond acceptors (Lipinski definition) is 16. The van der Waals surface area contributed by atoms with Crippen LogP contribution >= 0.6 is 0 Å². The molecule has 34 heavy (non-hydrogen) atoms. The fourth-order valence-electron chi connectivity index (χ4n) is 3.94. The lowest BCUT2D eigenvalue weighted by Gasteiger charge is -2.45. The summed E-state index contributed by atoms with van der Waals surface area (Å²) in [4.78, 5) is 0. The van der Waals surface area contributed by atoms with E-state index in [2.05, 4.69) is 0 Å². The summed E-state index contributed by atoms with van der Waals surface area (Å²) in [7, 11) is 0. The Bertz CT molecular complexity index is 639. The molecule has 15 atom stereocenters. The largest absolute Gasteiger partial charge is 0.394 e. The average Bonchev–Trinajstić information content (AvgIpc) is 2.82. The molecular formula is C18H32O16. The predicted molar refractivity (Wildman–Crippen MR) is 101 cm³/mol. The highest BCUT2D eigenvalue weighted by molar-refractivity contribution is 4.94. The van der Waals surface area contributed by atoms with E-state index < -0.39 is 112 Å². The topological polar surface area (TPSA) is 269 Å². The van der Waals surface area contributed by atoms with Gasteiger partial charge in [-0.1, -0.05) is 0 Å². The normalized spacial score (nSPS) is 52.5. The zero-order valence-corrected chi connectivity index (χ0v) is 17.7. The van der Waals surface area contributed by atoms with Gasteiger partial charge in [0.25, 0.3) is 0 Å². The lowest BCUT2D eigenvalue weighted by molar-refractivity contribution is -0.362. The fraction of sp³-hybridized carbons (Fsp3) is 1.00. The Morgan fingerprint density at radius 1 is 0.500 bits per heavy atom. The third-order valence-electron chi connectivity index (χ3n) is 6.07. The molecule has 0 radical (unpaired) electrons. The summed E-state index contributed by atoms with van der Waals surface area (Å²) >= 11 is 0. The van der Waals surface area contributed by atoms with E-state index >= 15 is 0 Å². The molecule has 3 aliphatic heterocycles. The third-order valence-corrected chi connectivity index (χ3v) is 6.07. The van der Waals surface area contributed by atoms with Crippen LogP contribution in [0.1, 0.15) is 0 Å². The van der Waals surface area contributed by atoms with Crippen molar-refractivity contribution in [1.82, 2.24) is 0 Å². The van der Waals surface area contributed by atoms with Gasteiger partial charge in [0.2, 0.25) is 0 Å². The molecule has 0 amide bonds. The van der Waals surface area contributed by atoms with Crippen LogP contribution in [0.15, 0.2) is 0 Å². The minimum atomic E-state index is -1.88. The van der Waals surface area contributed by atoms with Crippen molar-refractivity contribution in [3.8, 4) is 0 Å². The molecule has 11 N–H and O–H groups in total. The van der Waals surface area contributed by atoms with Crippen molar-refractivity contribution in [3.63, 3.8) is 0 Å². The minimum absolute atomic E-state index is 0.617. The zero-order valence-electron chi connectivity index (χ0n) is 17.7. The van der Waals surface area contributed by atoms with Gasteiger partial charge in [-0.3, -0.25) is 0 Å². The van der Waals surface area contributed by atoms with Crippen LogP contribution < -0.4 is 0 Å². The molecule has 3 rings (SSSR count). The van der Waals surface area contributed by atoms with Crippen LogP contribution in [0.25, 0.3) is 0 Å². The molecule has 3 fully saturated rings. The first-order chi connectivity index (χ1) is 16.0. The van der Waals surface area contributed by atoms with Gasteiger partial charge in [-0.05, 0) is 0 Å². The van der Waals surface area contributed by atoms with Gasteiger partial charge in [-0.25, -0.2) is 0 Å². The van der Waals surface area contributed by atoms with Crippen LogP contribution in [-0.4, -0.2) is 168 Å². The van der Waals surface area contributed by atoms with Gasteiger partial charge in [-0.2, -0.15) is 0 Å². The lowest BCUT2D eigenvalue weighted by Crippen LogP contribution is -2.65. The van der Waals surface area contributed by atoms with Gasteiger partial charge >= 0.3 is 0 Å². The Labute approximate surface area is 192 Å². The Balaban J connectivity index is 1.66. The molecule has 0 aromatic heterocycles. The van der Waals surface area contributed by atoms with Gasteiger partial charge in [-0.15, -0.1) is 0 Å². The van der Waals surface area contributed by atoms with Crippen LogP contribution in [-0.2, 0) is 23.7 Å². The Morgan fingerprint density at radius 2 is 1.00 bits per heavy atom. The molecule has 0 aliphatic carbocycles. The summed E-state index contributed by atoms with van der Waals surface area (Å²) in [5.41, 5.74) is 0. The van der Waals surface area contributed by atoms with Crippen LogP contribution in [0.4, 0.5) is 0 Å². The van der Waals surface area contributed by atoms with Crippen molar-refractivity contribution in [2.24, 2.45) is 0 Å². The summed E-state index contributed by atoms with van der Waals surface area (Å²) in [5, 5.41) is 109. The number of ether oxygens (including phenoxy) is 5. The quantitative estimate of drug-likeness (QED) is 0.154. The monoisotopic (exact) mass is 504 g/mol. The van der Waals surface area contributed by atoms with Crippen molar-refractivity contribution < 1.29 is 79.9 Å². The van der Waals surface area contributed by atoms with Gasteiger partial charge in [0, 0.05) is 0 Å². The van der Waals surface area contributed by atoms with E-state index in [0.29, 0.717) is 0 Å². The molecule has 3 saturated heterocycles. The average molecular weight is 504 g/mol. The summed E-state index contributed by atoms with van der Waals surface area (Å²) < 4.78 is 26.1. The molecule has 0 aromatic carbocycles. The molecule has 0 spiro atoms. The second kappa shape index (κ2) is 11.6. The van der Waals surface area contributed by atoms with E-state index in [4.69, 9.17) is 23.7 Å². The van der Waals surface area contributed by atoms with Gasteiger partial charge in [0.05, 0.1) is 19.8 Å². The molecule has 0 saturated carbocycles. The van der Waals surface area contributed by atoms with E-state index in [0.717, 1.165) is 0 Å². The molecule has 3 heterocycles. The molecule has 0 bridgehead atoms. The maximum Gasteiger partial charge on any atom is 0.187 e. The third kappa shape index (κ3) is 5.52. The Morgan fingerprint density at radius 3 is 1.59 bits per heavy atom. The smallest absolute Gasteiger partial charge is 0.187 e. The van der Waals surface area contributed by atoms with Gasteiger partial charge < -0.3 is 79.9 Å². The fourth-order valence-corrected chi connectivity index (χ4v) is 3.94. The number of hydrogen-bond donors (Lipinski definition) is 11. The minimum Gasteiger partial charge on any atom is -0.394 e.